The van der Waals surface area contributed by atoms with Crippen LogP contribution in [-0.4, -0.2) is 97.1 Å². The second kappa shape index (κ2) is 9.99. The van der Waals surface area contributed by atoms with Crippen molar-refractivity contribution in [3.63, 3.8) is 0 Å². The van der Waals surface area contributed by atoms with E-state index >= 15 is 0 Å². The van der Waals surface area contributed by atoms with E-state index in [-0.39, 0.29) is 36.1 Å². The third-order valence-electron chi connectivity index (χ3n) is 11.0. The summed E-state index contributed by atoms with van der Waals surface area (Å²) in [6.45, 7) is 2.26. The highest BCUT2D eigenvalue weighted by Crippen LogP contribution is 2.62. The molecule has 11 nitrogen and oxygen atoms in total. The van der Waals surface area contributed by atoms with E-state index in [4.69, 9.17) is 15.2 Å². The van der Waals surface area contributed by atoms with Crippen molar-refractivity contribution >= 4 is 27.7 Å². The summed E-state index contributed by atoms with van der Waals surface area (Å²) in [5.74, 6) is 0.555. The third-order valence-corrected chi connectivity index (χ3v) is 12.4. The highest BCUT2D eigenvalue weighted by molar-refractivity contribution is 7.88. The van der Waals surface area contributed by atoms with Crippen LogP contribution in [0.15, 0.2) is 24.3 Å². The predicted molar refractivity (Wildman–Crippen MR) is 154 cm³/mol. The molecule has 3 saturated heterocycles. The number of nitrogens with zero attached hydrogens (tertiary/aromatic N) is 3. The zero-order valence-corrected chi connectivity index (χ0v) is 25.0. The van der Waals surface area contributed by atoms with Crippen LogP contribution in [0.1, 0.15) is 57.8 Å². The van der Waals surface area contributed by atoms with E-state index < -0.39 is 33.1 Å². The van der Waals surface area contributed by atoms with Gasteiger partial charge in [0.1, 0.15) is 18.0 Å². The summed E-state index contributed by atoms with van der Waals surface area (Å²) in [4.78, 5) is 30.4. The largest absolute Gasteiger partial charge is 0.490 e. The highest BCUT2D eigenvalue weighted by atomic mass is 32.2. The zero-order chi connectivity index (χ0) is 29.4. The molecule has 230 valence electrons. The molecule has 6 bridgehead atoms. The molecule has 12 heteroatoms. The summed E-state index contributed by atoms with van der Waals surface area (Å²) < 4.78 is 37.7. The van der Waals surface area contributed by atoms with E-state index in [0.29, 0.717) is 51.9 Å². The maximum absolute atomic E-state index is 13.6. The number of carbonyl (C=O) groups is 2. The molecule has 1 aromatic carbocycles. The van der Waals surface area contributed by atoms with E-state index in [2.05, 4.69) is 4.90 Å². The van der Waals surface area contributed by atoms with Crippen LogP contribution in [0, 0.1) is 17.3 Å². The van der Waals surface area contributed by atoms with Gasteiger partial charge in [0, 0.05) is 62.7 Å². The maximum atomic E-state index is 13.6. The molecule has 3 aliphatic heterocycles. The van der Waals surface area contributed by atoms with E-state index in [1.54, 1.807) is 0 Å². The number of benzene rings is 1. The number of nitrogens with two attached hydrogens (primary N) is 1. The van der Waals surface area contributed by atoms with Gasteiger partial charge in [0.25, 0.3) is 0 Å². The van der Waals surface area contributed by atoms with E-state index in [0.717, 1.165) is 43.5 Å². The lowest BCUT2D eigenvalue weighted by molar-refractivity contribution is -0.219. The van der Waals surface area contributed by atoms with E-state index in [1.807, 2.05) is 29.2 Å². The van der Waals surface area contributed by atoms with Gasteiger partial charge in [-0.15, -0.1) is 0 Å². The van der Waals surface area contributed by atoms with Crippen LogP contribution in [0.25, 0.3) is 0 Å². The van der Waals surface area contributed by atoms with Crippen molar-refractivity contribution in [3.05, 3.63) is 24.3 Å². The molecule has 7 atom stereocenters. The summed E-state index contributed by atoms with van der Waals surface area (Å²) in [6, 6.07) is 8.01. The van der Waals surface area contributed by atoms with Crippen LogP contribution in [0.3, 0.4) is 0 Å². The Morgan fingerprint density at radius 3 is 2.24 bits per heavy atom. The molecule has 1 aromatic rings. The first-order valence-corrected chi connectivity index (χ1v) is 17.3. The monoisotopic (exact) mass is 602 g/mol. The Kier molecular flexibility index (Phi) is 6.71. The van der Waals surface area contributed by atoms with Crippen molar-refractivity contribution in [2.45, 2.75) is 87.7 Å². The number of hydrogen-bond acceptors (Lipinski definition) is 8. The summed E-state index contributed by atoms with van der Waals surface area (Å²) in [5.41, 5.74) is 5.13. The summed E-state index contributed by atoms with van der Waals surface area (Å²) >= 11 is 0. The zero-order valence-electron chi connectivity index (χ0n) is 24.2. The number of anilines is 1. The normalized spacial score (nSPS) is 39.4. The van der Waals surface area contributed by atoms with Crippen molar-refractivity contribution in [2.75, 3.05) is 37.3 Å². The van der Waals surface area contributed by atoms with Gasteiger partial charge in [0.2, 0.25) is 15.9 Å². The molecule has 8 rings (SSSR count). The lowest BCUT2D eigenvalue weighted by Gasteiger charge is -2.61. The number of primary amides is 1. The summed E-state index contributed by atoms with van der Waals surface area (Å²) in [6.07, 6.45) is 6.58. The van der Waals surface area contributed by atoms with Crippen molar-refractivity contribution in [1.82, 2.24) is 9.21 Å². The van der Waals surface area contributed by atoms with Gasteiger partial charge in [-0.2, -0.15) is 4.31 Å². The van der Waals surface area contributed by atoms with Crippen LogP contribution in [0.4, 0.5) is 10.5 Å². The molecule has 0 aromatic heterocycles. The second-order valence-electron chi connectivity index (χ2n) is 13.8. The minimum atomic E-state index is -3.16. The van der Waals surface area contributed by atoms with Gasteiger partial charge < -0.3 is 30.1 Å². The Morgan fingerprint density at radius 2 is 1.64 bits per heavy atom. The molecule has 7 unspecified atom stereocenters. The molecule has 2 amide bonds. The standard InChI is InChI=1S/C30H42N4O7S/c1-42(38,39)33-10-8-32(9-11-33)21-4-6-24(7-5-21)40-25-13-22-2-3-23(14-25)34(22)28(36)41-26-20-12-19-15-29(37,17-20)18-30(26,16-19)27(31)35/h4-7,19-20,22-23,25-26,37H,2-3,8-18H2,1H3,(H2,31,35). The van der Waals surface area contributed by atoms with Crippen LogP contribution in [0.2, 0.25) is 0 Å². The maximum Gasteiger partial charge on any atom is 0.410 e. The number of amides is 2. The fourth-order valence-electron chi connectivity index (χ4n) is 9.51. The molecule has 4 aliphatic carbocycles. The van der Waals surface area contributed by atoms with Gasteiger partial charge >= 0.3 is 6.09 Å². The van der Waals surface area contributed by atoms with Gasteiger partial charge in [-0.25, -0.2) is 13.2 Å². The number of fused-ring (bicyclic) bond motifs is 2. The number of sulfonamides is 1. The minimum absolute atomic E-state index is 0.0110. The quantitative estimate of drug-likeness (QED) is 0.504. The fourth-order valence-corrected chi connectivity index (χ4v) is 10.3. The average Bonchev–Trinajstić information content (AvgIpc) is 3.20. The van der Waals surface area contributed by atoms with Gasteiger partial charge in [-0.3, -0.25) is 4.79 Å². The van der Waals surface area contributed by atoms with E-state index in [9.17, 15) is 23.1 Å². The Hall–Kier alpha value is -2.57. The topological polar surface area (TPSA) is 143 Å². The smallest absolute Gasteiger partial charge is 0.410 e. The molecule has 0 spiro atoms. The number of hydrogen-bond donors (Lipinski definition) is 2. The first-order valence-electron chi connectivity index (χ1n) is 15.4. The molecule has 3 N–H and O–H groups in total. The minimum Gasteiger partial charge on any atom is -0.490 e. The number of piperazine rings is 1. The Balaban J connectivity index is 0.964. The molecule has 7 fully saturated rings. The Labute approximate surface area is 247 Å². The summed E-state index contributed by atoms with van der Waals surface area (Å²) in [5, 5.41) is 11.1. The van der Waals surface area contributed by atoms with Crippen LogP contribution < -0.4 is 15.4 Å². The second-order valence-corrected chi connectivity index (χ2v) is 15.8. The van der Waals surface area contributed by atoms with Crippen LogP contribution in [0.5, 0.6) is 5.75 Å². The fraction of sp³-hybridized carbons (Fsp3) is 0.733. The lowest BCUT2D eigenvalue weighted by atomic mass is 9.46. The van der Waals surface area contributed by atoms with Crippen LogP contribution in [-0.2, 0) is 19.6 Å². The molecule has 7 aliphatic rings. The third kappa shape index (κ3) is 4.83. The van der Waals surface area contributed by atoms with Crippen LogP contribution >= 0.6 is 0 Å². The van der Waals surface area contributed by atoms with Gasteiger partial charge in [-0.1, -0.05) is 0 Å². The number of ether oxygens (including phenoxy) is 2. The van der Waals surface area contributed by atoms with Gasteiger partial charge in [0.05, 0.1) is 17.3 Å². The average molecular weight is 603 g/mol. The van der Waals surface area contributed by atoms with Crippen molar-refractivity contribution in [1.29, 1.82) is 0 Å². The summed E-state index contributed by atoms with van der Waals surface area (Å²) in [7, 11) is -3.16. The van der Waals surface area contributed by atoms with Crippen molar-refractivity contribution in [2.24, 2.45) is 23.0 Å². The first-order chi connectivity index (χ1) is 19.9. The van der Waals surface area contributed by atoms with Gasteiger partial charge in [-0.05, 0) is 75.1 Å². The SMILES string of the molecule is CS(=O)(=O)N1CCN(c2ccc(OC3CC4CCC(C3)N4C(=O)OC3C4CC5CC(O)(C4)CC3(C(N)=O)C5)cc2)CC1. The highest BCUT2D eigenvalue weighted by Gasteiger charge is 2.66. The van der Waals surface area contributed by atoms with E-state index in [1.165, 1.54) is 10.6 Å². The predicted octanol–water partition coefficient (Wildman–Crippen LogP) is 2.07. The van der Waals surface area contributed by atoms with Crippen molar-refractivity contribution < 1.29 is 32.6 Å². The first kappa shape index (κ1) is 28.2. The molecule has 42 heavy (non-hydrogen) atoms. The number of rotatable bonds is 6. The number of carbonyl (C=O) groups excluding carboxylic acids is 2. The molecule has 0 radical (unpaired) electrons. The molecular formula is C30H42N4O7S. The Bertz CT molecular complexity index is 1340. The number of piperidine rings is 1. The van der Waals surface area contributed by atoms with Crippen molar-refractivity contribution in [3.8, 4) is 5.75 Å². The molecular weight excluding hydrogens is 560 g/mol. The van der Waals surface area contributed by atoms with Gasteiger partial charge in [0.15, 0.2) is 0 Å². The lowest BCUT2D eigenvalue weighted by Crippen LogP contribution is -2.68. The molecule has 4 saturated carbocycles. The molecule has 3 heterocycles. The number of aliphatic hydroxyl groups is 1. The Morgan fingerprint density at radius 1 is 0.976 bits per heavy atom.